The number of ether oxygens (including phenoxy) is 1. The first kappa shape index (κ1) is 20.2. The van der Waals surface area contributed by atoms with Crippen molar-refractivity contribution in [1.82, 2.24) is 21.0 Å². The van der Waals surface area contributed by atoms with E-state index in [0.717, 1.165) is 0 Å². The van der Waals surface area contributed by atoms with Gasteiger partial charge >= 0.3 is 0 Å². The fourth-order valence-electron chi connectivity index (χ4n) is 2.66. The van der Waals surface area contributed by atoms with E-state index < -0.39 is 23.7 Å². The number of hydrogen-bond acceptors (Lipinski definition) is 6. The summed E-state index contributed by atoms with van der Waals surface area (Å²) < 4.78 is 24.1. The molecule has 3 rings (SSSR count). The fraction of sp³-hybridized carbons (Fsp3) is 0.300. The Morgan fingerprint density at radius 3 is 2.59 bits per heavy atom. The highest BCUT2D eigenvalue weighted by Crippen LogP contribution is 2.25. The lowest BCUT2D eigenvalue weighted by Crippen LogP contribution is -2.47. The molecular weight excluding hydrogens is 379 g/mol. The van der Waals surface area contributed by atoms with Crippen molar-refractivity contribution in [3.8, 4) is 5.75 Å². The molecule has 0 aliphatic heterocycles. The number of carbonyl (C=O) groups excluding carboxylic acids is 2. The topological polar surface area (TPSA) is 106 Å². The van der Waals surface area contributed by atoms with E-state index in [1.54, 1.807) is 19.1 Å². The van der Waals surface area contributed by atoms with Gasteiger partial charge < -0.3 is 9.26 Å². The molecule has 9 heteroatoms. The third-order valence-electron chi connectivity index (χ3n) is 4.28. The van der Waals surface area contributed by atoms with Gasteiger partial charge in [-0.3, -0.25) is 20.4 Å². The number of aryl methyl sites for hydroxylation is 1. The summed E-state index contributed by atoms with van der Waals surface area (Å²) in [6.07, 6.45) is -1.03. The van der Waals surface area contributed by atoms with Gasteiger partial charge in [-0.2, -0.15) is 0 Å². The molecule has 0 saturated heterocycles. The number of para-hydroxylation sites is 1. The Balaban J connectivity index is 1.73. The van der Waals surface area contributed by atoms with E-state index in [1.807, 2.05) is 13.8 Å². The number of rotatable bonds is 5. The molecule has 2 heterocycles. The molecule has 0 fully saturated rings. The van der Waals surface area contributed by atoms with Crippen molar-refractivity contribution in [3.63, 3.8) is 0 Å². The summed E-state index contributed by atoms with van der Waals surface area (Å²) in [6.45, 7) is 7.01. The van der Waals surface area contributed by atoms with Crippen LogP contribution >= 0.6 is 0 Å². The zero-order chi connectivity index (χ0) is 21.1. The Bertz CT molecular complexity index is 1060. The highest BCUT2D eigenvalue weighted by atomic mass is 19.1. The van der Waals surface area contributed by atoms with Crippen LogP contribution in [0.4, 0.5) is 4.39 Å². The minimum atomic E-state index is -1.03. The molecule has 3 aromatic rings. The molecule has 1 unspecified atom stereocenters. The Morgan fingerprint density at radius 2 is 1.90 bits per heavy atom. The standard InChI is InChI=1S/C20H21FN4O4/c1-10(2)15-9-13(17-11(3)25-29-20(17)22-15)19(27)24-23-18(26)12(4)28-16-8-6-5-7-14(16)21/h5-10,12H,1-4H3,(H,23,26)(H,24,27). The highest BCUT2D eigenvalue weighted by molar-refractivity contribution is 6.06. The lowest BCUT2D eigenvalue weighted by molar-refractivity contribution is -0.128. The van der Waals surface area contributed by atoms with Gasteiger partial charge in [0.15, 0.2) is 17.7 Å². The molecule has 0 saturated carbocycles. The number of benzene rings is 1. The third kappa shape index (κ3) is 4.34. The number of hydrogen-bond donors (Lipinski definition) is 2. The maximum atomic E-state index is 13.7. The normalized spacial score (nSPS) is 12.1. The van der Waals surface area contributed by atoms with Gasteiger partial charge in [0.2, 0.25) is 0 Å². The molecule has 0 aliphatic rings. The number of aromatic nitrogens is 2. The van der Waals surface area contributed by atoms with E-state index in [2.05, 4.69) is 21.0 Å². The molecule has 1 aromatic carbocycles. The Hall–Kier alpha value is -3.49. The Morgan fingerprint density at radius 1 is 1.17 bits per heavy atom. The average Bonchev–Trinajstić information content (AvgIpc) is 3.07. The molecule has 29 heavy (non-hydrogen) atoms. The number of carbonyl (C=O) groups is 2. The van der Waals surface area contributed by atoms with E-state index in [-0.39, 0.29) is 22.9 Å². The van der Waals surface area contributed by atoms with Gasteiger partial charge in [-0.1, -0.05) is 31.1 Å². The van der Waals surface area contributed by atoms with E-state index in [9.17, 15) is 14.0 Å². The molecule has 0 bridgehead atoms. The number of nitrogens with one attached hydrogen (secondary N) is 2. The quantitative estimate of drug-likeness (QED) is 0.638. The Labute approximate surface area is 166 Å². The van der Waals surface area contributed by atoms with Crippen molar-refractivity contribution in [2.75, 3.05) is 0 Å². The maximum absolute atomic E-state index is 13.7. The zero-order valence-corrected chi connectivity index (χ0v) is 16.4. The second kappa shape index (κ2) is 8.26. The summed E-state index contributed by atoms with van der Waals surface area (Å²) in [5.74, 6) is -1.78. The first-order valence-electron chi connectivity index (χ1n) is 9.06. The first-order chi connectivity index (χ1) is 13.8. The monoisotopic (exact) mass is 400 g/mol. The van der Waals surface area contributed by atoms with Crippen molar-refractivity contribution in [2.45, 2.75) is 39.7 Å². The van der Waals surface area contributed by atoms with Crippen LogP contribution < -0.4 is 15.6 Å². The molecule has 0 radical (unpaired) electrons. The molecule has 152 valence electrons. The van der Waals surface area contributed by atoms with Crippen molar-refractivity contribution in [2.24, 2.45) is 0 Å². The van der Waals surface area contributed by atoms with Crippen LogP contribution in [-0.2, 0) is 4.79 Å². The van der Waals surface area contributed by atoms with Crippen molar-refractivity contribution in [3.05, 3.63) is 53.1 Å². The lowest BCUT2D eigenvalue weighted by Gasteiger charge is -2.16. The van der Waals surface area contributed by atoms with Crippen LogP contribution in [0.5, 0.6) is 5.75 Å². The average molecular weight is 400 g/mol. The predicted molar refractivity (Wildman–Crippen MR) is 103 cm³/mol. The minimum absolute atomic E-state index is 0.0557. The summed E-state index contributed by atoms with van der Waals surface area (Å²) >= 11 is 0. The third-order valence-corrected chi connectivity index (χ3v) is 4.28. The van der Waals surface area contributed by atoms with Crippen LogP contribution in [0.2, 0.25) is 0 Å². The van der Waals surface area contributed by atoms with E-state index in [0.29, 0.717) is 16.8 Å². The number of halogens is 1. The van der Waals surface area contributed by atoms with Crippen molar-refractivity contribution < 1.29 is 23.2 Å². The first-order valence-corrected chi connectivity index (χ1v) is 9.06. The van der Waals surface area contributed by atoms with Crippen LogP contribution in [-0.4, -0.2) is 28.1 Å². The molecule has 1 atom stereocenters. The Kier molecular flexibility index (Phi) is 5.76. The number of amides is 2. The molecule has 0 spiro atoms. The van der Waals surface area contributed by atoms with Gasteiger partial charge in [0, 0.05) is 5.69 Å². The number of pyridine rings is 1. The van der Waals surface area contributed by atoms with E-state index in [1.165, 1.54) is 25.1 Å². The van der Waals surface area contributed by atoms with Gasteiger partial charge in [-0.25, -0.2) is 9.37 Å². The van der Waals surface area contributed by atoms with Crippen LogP contribution in [0, 0.1) is 12.7 Å². The van der Waals surface area contributed by atoms with Gasteiger partial charge in [0.05, 0.1) is 16.6 Å². The smallest absolute Gasteiger partial charge is 0.279 e. The second-order valence-electron chi connectivity index (χ2n) is 6.83. The maximum Gasteiger partial charge on any atom is 0.279 e. The van der Waals surface area contributed by atoms with Crippen LogP contribution in [0.25, 0.3) is 11.1 Å². The fourth-order valence-corrected chi connectivity index (χ4v) is 2.66. The summed E-state index contributed by atoms with van der Waals surface area (Å²) in [6, 6.07) is 7.38. The molecule has 2 amide bonds. The number of fused-ring (bicyclic) bond motifs is 1. The largest absolute Gasteiger partial charge is 0.478 e. The van der Waals surface area contributed by atoms with Crippen molar-refractivity contribution >= 4 is 22.9 Å². The molecule has 8 nitrogen and oxygen atoms in total. The van der Waals surface area contributed by atoms with Gasteiger partial charge in [0.25, 0.3) is 17.5 Å². The van der Waals surface area contributed by atoms with E-state index in [4.69, 9.17) is 9.26 Å². The van der Waals surface area contributed by atoms with Crippen LogP contribution in [0.1, 0.15) is 48.4 Å². The molecule has 2 N–H and O–H groups in total. The van der Waals surface area contributed by atoms with Crippen molar-refractivity contribution in [1.29, 1.82) is 0 Å². The molecular formula is C20H21FN4O4. The summed E-state index contributed by atoms with van der Waals surface area (Å²) in [7, 11) is 0. The lowest BCUT2D eigenvalue weighted by atomic mass is 10.0. The molecule has 2 aromatic heterocycles. The second-order valence-corrected chi connectivity index (χ2v) is 6.83. The van der Waals surface area contributed by atoms with Crippen LogP contribution in [0.15, 0.2) is 34.9 Å². The SMILES string of the molecule is Cc1noc2nc(C(C)C)cc(C(=O)NNC(=O)C(C)Oc3ccccc3F)c12. The van der Waals surface area contributed by atoms with Gasteiger partial charge in [-0.15, -0.1) is 0 Å². The van der Waals surface area contributed by atoms with Gasteiger partial charge in [0.1, 0.15) is 0 Å². The summed E-state index contributed by atoms with van der Waals surface area (Å²) in [5, 5.41) is 4.33. The molecule has 0 aliphatic carbocycles. The van der Waals surface area contributed by atoms with E-state index >= 15 is 0 Å². The summed E-state index contributed by atoms with van der Waals surface area (Å²) in [5.41, 5.74) is 6.33. The summed E-state index contributed by atoms with van der Waals surface area (Å²) in [4.78, 5) is 29.3. The number of nitrogens with zero attached hydrogens (tertiary/aromatic N) is 2. The van der Waals surface area contributed by atoms with Crippen LogP contribution in [0.3, 0.4) is 0 Å². The van der Waals surface area contributed by atoms with Gasteiger partial charge in [-0.05, 0) is 38.0 Å². The zero-order valence-electron chi connectivity index (χ0n) is 16.4. The number of hydrazine groups is 1. The minimum Gasteiger partial charge on any atom is -0.478 e. The predicted octanol–water partition coefficient (Wildman–Crippen LogP) is 3.02. The highest BCUT2D eigenvalue weighted by Gasteiger charge is 2.22.